The number of likely N-dealkylation sites (N-methyl/N-ethyl adjacent to an activating group) is 1. The number of hydrogen-bond donors (Lipinski definition) is 2. The molecule has 0 unspecified atom stereocenters. The Hall–Kier alpha value is -2.01. The van der Waals surface area contributed by atoms with Gasteiger partial charge in [0.05, 0.1) is 11.5 Å². The van der Waals surface area contributed by atoms with Crippen LogP contribution in [0.1, 0.15) is 23.5 Å². The Morgan fingerprint density at radius 3 is 3.38 bits per heavy atom. The number of benzene rings is 1. The molecule has 0 bridgehead atoms. The number of nitrogens with one attached hydrogen (secondary N) is 2. The van der Waals surface area contributed by atoms with E-state index < -0.39 is 57.1 Å². The minimum atomic E-state index is -2.74. The molecule has 1 aliphatic heterocycles. The van der Waals surface area contributed by atoms with E-state index in [9.17, 15) is 4.79 Å². The van der Waals surface area contributed by atoms with Crippen LogP contribution in [0.4, 0.5) is 4.79 Å². The second-order valence-electron chi connectivity index (χ2n) is 4.66. The highest BCUT2D eigenvalue weighted by Gasteiger charge is 2.22. The quantitative estimate of drug-likeness (QED) is 0.887. The van der Waals surface area contributed by atoms with Gasteiger partial charge in [-0.3, -0.25) is 0 Å². The Morgan fingerprint density at radius 1 is 1.71 bits per heavy atom. The number of rotatable bonds is 5. The number of hydrogen-bond acceptors (Lipinski definition) is 3. The number of amides is 1. The van der Waals surface area contributed by atoms with Gasteiger partial charge in [0.2, 0.25) is 0 Å². The first kappa shape index (κ1) is 6.01. The Balaban J connectivity index is 2.15. The van der Waals surface area contributed by atoms with Gasteiger partial charge in [0.1, 0.15) is 6.61 Å². The predicted octanol–water partition coefficient (Wildman–Crippen LogP) is 1.92. The van der Waals surface area contributed by atoms with Gasteiger partial charge >= 0.3 is 6.09 Å². The number of aryl methyl sites for hydroxylation is 1. The molecular weight excluding hydrogens is 266 g/mol. The van der Waals surface area contributed by atoms with E-state index in [4.69, 9.17) is 19.9 Å². The molecule has 1 atom stereocenters. The maximum atomic E-state index is 11.5. The number of fused-ring (bicyclic) bond motifs is 1. The summed E-state index contributed by atoms with van der Waals surface area (Å²) < 4.78 is 92.8. The Kier molecular flexibility index (Phi) is 1.65. The standard InChI is InChI=1S/C16H21N3O2/c1-19(2)6-5-12-9-17-15-4-3-11(8-14(12)15)7-13-10-21-16(20)18-13/h3-4,8-9,13,17H,5-7,10H2,1-2H3,(H,18,20)/t13-/m0/s1/i1D3,3D,4D,6D2,8D,13D/hD2. The van der Waals surface area contributed by atoms with Crippen LogP contribution in [0.5, 0.6) is 0 Å². The lowest BCUT2D eigenvalue weighted by atomic mass is 10.0. The van der Waals surface area contributed by atoms with Crippen LogP contribution < -0.4 is 5.31 Å². The zero-order valence-electron chi connectivity index (χ0n) is 22.4. The zero-order chi connectivity index (χ0) is 24.4. The second-order valence-corrected chi connectivity index (χ2v) is 4.66. The van der Waals surface area contributed by atoms with Gasteiger partial charge in [-0.2, -0.15) is 0 Å². The number of H-pyrrole nitrogens is 1. The summed E-state index contributed by atoms with van der Waals surface area (Å²) in [5, 5.41) is 0.268. The van der Waals surface area contributed by atoms with Gasteiger partial charge in [-0.25, -0.2) is 4.79 Å². The number of ether oxygens (including phenoxy) is 1. The Labute approximate surface area is 139 Å². The Bertz CT molecular complexity index is 1080. The average Bonchev–Trinajstić information content (AvgIpc) is 3.13. The second kappa shape index (κ2) is 5.77. The topological polar surface area (TPSA) is 57.4 Å². The van der Waals surface area contributed by atoms with E-state index >= 15 is 0 Å². The molecule has 2 heterocycles. The van der Waals surface area contributed by atoms with Crippen molar-refractivity contribution in [1.82, 2.24) is 15.2 Å². The number of nitrogens with zero attached hydrogens (tertiary/aromatic N) is 1. The van der Waals surface area contributed by atoms with Crippen molar-refractivity contribution in [2.75, 3.05) is 27.1 Å². The molecule has 0 saturated carbocycles. The van der Waals surface area contributed by atoms with Gasteiger partial charge in [-0.1, -0.05) is 6.04 Å². The molecule has 1 aromatic carbocycles. The van der Waals surface area contributed by atoms with Crippen molar-refractivity contribution >= 4 is 17.0 Å². The lowest BCUT2D eigenvalue weighted by Crippen LogP contribution is -2.28. The van der Waals surface area contributed by atoms with Gasteiger partial charge in [-0.05, 0) is 50.1 Å². The van der Waals surface area contributed by atoms with Gasteiger partial charge in [-0.15, -0.1) is 0 Å². The highest BCUT2D eigenvalue weighted by Crippen LogP contribution is 2.21. The van der Waals surface area contributed by atoms with Crippen molar-refractivity contribution in [1.29, 1.82) is 0 Å². The fourth-order valence-corrected chi connectivity index (χ4v) is 2.03. The molecule has 1 aromatic heterocycles. The van der Waals surface area contributed by atoms with E-state index in [0.717, 1.165) is 18.2 Å². The van der Waals surface area contributed by atoms with E-state index in [1.165, 1.54) is 0 Å². The van der Waals surface area contributed by atoms with Crippen LogP contribution in [0.15, 0.2) is 24.3 Å². The summed E-state index contributed by atoms with van der Waals surface area (Å²) in [6.07, 6.45) is -0.883. The smallest absolute Gasteiger partial charge is 0.407 e. The summed E-state index contributed by atoms with van der Waals surface area (Å²) in [6.45, 7) is -5.61. The largest absolute Gasteiger partial charge is 0.447 e. The van der Waals surface area contributed by atoms with Crippen molar-refractivity contribution in [3.05, 3.63) is 35.5 Å². The van der Waals surface area contributed by atoms with E-state index in [1.54, 1.807) is 0 Å². The maximum Gasteiger partial charge on any atom is 0.407 e. The van der Waals surface area contributed by atoms with Crippen molar-refractivity contribution in [2.24, 2.45) is 0 Å². The molecule has 1 amide bonds. The van der Waals surface area contributed by atoms with Crippen LogP contribution in [0.3, 0.4) is 0 Å². The van der Waals surface area contributed by atoms with Crippen molar-refractivity contribution < 1.29 is 24.7 Å². The minimum absolute atomic E-state index is 0.0239. The summed E-state index contributed by atoms with van der Waals surface area (Å²) in [7, 11) is 1.08. The molecule has 1 fully saturated rings. The molecule has 5 nitrogen and oxygen atoms in total. The number of cyclic esters (lactones) is 1. The van der Waals surface area contributed by atoms with Gasteiger partial charge in [0, 0.05) is 30.5 Å². The molecule has 3 rings (SSSR count). The van der Waals surface area contributed by atoms with Crippen LogP contribution in [-0.4, -0.2) is 49.1 Å². The number of aromatic amines is 1. The first-order valence-corrected chi connectivity index (χ1v) is 6.33. The van der Waals surface area contributed by atoms with E-state index in [2.05, 4.69) is 0 Å². The maximum absolute atomic E-state index is 11.5. The predicted molar refractivity (Wildman–Crippen MR) is 82.5 cm³/mol. The SMILES string of the molecule is [2H]c1c(C[C@@]2([2H])COC(=O)N2[2H])c([2H])c2c(CC([2H])([2H])N(C)C([2H])([2H])[2H])cn([2H])c2c1[2H]. The van der Waals surface area contributed by atoms with Crippen molar-refractivity contribution in [3.63, 3.8) is 0 Å². The summed E-state index contributed by atoms with van der Waals surface area (Å²) in [5.41, 5.74) is -0.187. The van der Waals surface area contributed by atoms with Crippen molar-refractivity contribution in [3.8, 4) is 0 Å². The zero-order valence-corrected chi connectivity index (χ0v) is 11.4. The van der Waals surface area contributed by atoms with Gasteiger partial charge in [0.15, 0.2) is 2.82 Å². The lowest BCUT2D eigenvalue weighted by Gasteiger charge is -2.09. The summed E-state index contributed by atoms with van der Waals surface area (Å²) in [4.78, 5) is 12.8. The molecule has 2 N–H and O–H groups in total. The highest BCUT2D eigenvalue weighted by molar-refractivity contribution is 5.84. The summed E-state index contributed by atoms with van der Waals surface area (Å²) >= 11 is 0. The minimum Gasteiger partial charge on any atom is -0.447 e. The number of carbonyl (C=O) groups excluding carboxylic acids is 1. The molecule has 1 saturated heterocycles. The molecule has 112 valence electrons. The number of carbonyl (C=O) groups is 1. The molecule has 21 heavy (non-hydrogen) atoms. The molecule has 1 aliphatic rings. The third kappa shape index (κ3) is 3.19. The molecule has 0 aliphatic carbocycles. The van der Waals surface area contributed by atoms with Crippen LogP contribution in [0.25, 0.3) is 10.9 Å². The monoisotopic (exact) mass is 298 g/mol. The third-order valence-corrected chi connectivity index (χ3v) is 3.01. The van der Waals surface area contributed by atoms with Crippen LogP contribution in [0.2, 0.25) is 2.82 Å². The molecular formula is C16H21N3O2. The fourth-order valence-electron chi connectivity index (χ4n) is 2.03. The number of alkyl carbamates (subject to hydrolysis) is 1. The fraction of sp³-hybridized carbons (Fsp3) is 0.438. The van der Waals surface area contributed by atoms with Crippen molar-refractivity contribution in [2.45, 2.75) is 18.9 Å². The first-order valence-electron chi connectivity index (χ1n) is 11.7. The summed E-state index contributed by atoms with van der Waals surface area (Å²) in [5.74, 6) is 0. The van der Waals surface area contributed by atoms with Gasteiger partial charge in [0.25, 0.3) is 0 Å². The highest BCUT2D eigenvalue weighted by atomic mass is 16.6. The molecule has 2 aromatic rings. The summed E-state index contributed by atoms with van der Waals surface area (Å²) in [6, 6.07) is -3.18. The lowest BCUT2D eigenvalue weighted by molar-refractivity contribution is 0.177. The molecule has 0 radical (unpaired) electrons. The third-order valence-electron chi connectivity index (χ3n) is 3.01. The normalized spacial score (nSPS) is 31.0. The van der Waals surface area contributed by atoms with E-state index in [1.807, 2.05) is 0 Å². The molecule has 0 spiro atoms. The van der Waals surface area contributed by atoms with E-state index in [0.29, 0.717) is 10.2 Å². The first-order chi connectivity index (χ1) is 14.5. The van der Waals surface area contributed by atoms with Crippen LogP contribution in [0, 0.1) is 0 Å². The number of aromatic nitrogens is 1. The average molecular weight is 298 g/mol. The Morgan fingerprint density at radius 2 is 2.62 bits per heavy atom. The molecule has 5 heteroatoms. The van der Waals surface area contributed by atoms with Crippen LogP contribution in [-0.2, 0) is 17.6 Å². The van der Waals surface area contributed by atoms with Gasteiger partial charge < -0.3 is 19.9 Å². The van der Waals surface area contributed by atoms with Crippen LogP contribution >= 0.6 is 0 Å². The van der Waals surface area contributed by atoms with E-state index in [-0.39, 0.29) is 28.1 Å².